The molecule has 6 nitrogen and oxygen atoms in total. The van der Waals surface area contributed by atoms with Gasteiger partial charge in [-0.25, -0.2) is 9.69 Å². The van der Waals surface area contributed by atoms with E-state index in [4.69, 9.17) is 27.9 Å². The lowest BCUT2D eigenvalue weighted by molar-refractivity contribution is -0.120. The van der Waals surface area contributed by atoms with E-state index < -0.39 is 17.8 Å². The molecule has 3 aromatic rings. The van der Waals surface area contributed by atoms with Gasteiger partial charge in [0, 0.05) is 14.3 Å². The first-order chi connectivity index (χ1) is 15.3. The number of carbonyl (C=O) groups is 3. The van der Waals surface area contributed by atoms with Crippen LogP contribution in [0.3, 0.4) is 0 Å². The number of anilines is 2. The number of rotatable bonds is 5. The molecule has 160 valence electrons. The highest BCUT2D eigenvalue weighted by Gasteiger charge is 2.38. The van der Waals surface area contributed by atoms with E-state index in [1.54, 1.807) is 60.7 Å². The summed E-state index contributed by atoms with van der Waals surface area (Å²) in [6.07, 6.45) is 0. The van der Waals surface area contributed by atoms with Gasteiger partial charge < -0.3 is 10.1 Å². The molecule has 0 aliphatic carbocycles. The van der Waals surface area contributed by atoms with Crippen LogP contribution in [0.25, 0.3) is 0 Å². The summed E-state index contributed by atoms with van der Waals surface area (Å²) in [6.45, 7) is 0. The number of carbonyl (C=O) groups excluding carboxylic acids is 3. The predicted molar refractivity (Wildman–Crippen MR) is 131 cm³/mol. The molecule has 0 saturated carbocycles. The zero-order valence-corrected chi connectivity index (χ0v) is 19.8. The van der Waals surface area contributed by atoms with E-state index >= 15 is 0 Å². The van der Waals surface area contributed by atoms with E-state index in [1.165, 1.54) is 0 Å². The maximum absolute atomic E-state index is 12.8. The highest BCUT2D eigenvalue weighted by molar-refractivity contribution is 14.1. The number of nitrogens with zero attached hydrogens (tertiary/aromatic N) is 1. The van der Waals surface area contributed by atoms with Crippen molar-refractivity contribution in [2.24, 2.45) is 0 Å². The third-order valence-electron chi connectivity index (χ3n) is 4.53. The highest BCUT2D eigenvalue weighted by atomic mass is 127. The van der Waals surface area contributed by atoms with E-state index in [9.17, 15) is 14.4 Å². The lowest BCUT2D eigenvalue weighted by atomic mass is 10.2. The van der Waals surface area contributed by atoms with E-state index in [-0.39, 0.29) is 10.7 Å². The zero-order valence-electron chi connectivity index (χ0n) is 16.1. The van der Waals surface area contributed by atoms with E-state index in [0.29, 0.717) is 27.7 Å². The Morgan fingerprint density at radius 2 is 1.47 bits per heavy atom. The summed E-state index contributed by atoms with van der Waals surface area (Å²) in [5.41, 5.74) is 1.10. The second-order valence-electron chi connectivity index (χ2n) is 6.66. The van der Waals surface area contributed by atoms with Crippen LogP contribution >= 0.6 is 45.8 Å². The molecule has 0 radical (unpaired) electrons. The maximum Gasteiger partial charge on any atom is 0.343 e. The van der Waals surface area contributed by atoms with Crippen LogP contribution in [0.4, 0.5) is 11.4 Å². The summed E-state index contributed by atoms with van der Waals surface area (Å²) in [4.78, 5) is 38.6. The number of hydrogen-bond acceptors (Lipinski definition) is 5. The molecule has 0 atom stereocenters. The van der Waals surface area contributed by atoms with Gasteiger partial charge in [-0.1, -0.05) is 23.2 Å². The van der Waals surface area contributed by atoms with Gasteiger partial charge in [-0.2, -0.15) is 0 Å². The van der Waals surface area contributed by atoms with E-state index in [0.717, 1.165) is 8.47 Å². The molecule has 9 heteroatoms. The minimum atomic E-state index is -0.640. The fourth-order valence-corrected chi connectivity index (χ4v) is 3.64. The van der Waals surface area contributed by atoms with Crippen molar-refractivity contribution in [1.29, 1.82) is 0 Å². The first-order valence-corrected chi connectivity index (χ1v) is 11.1. The average molecular weight is 579 g/mol. The van der Waals surface area contributed by atoms with Gasteiger partial charge in [0.05, 0.1) is 11.3 Å². The number of esters is 1. The van der Waals surface area contributed by atoms with Gasteiger partial charge in [0.1, 0.15) is 16.5 Å². The molecule has 1 aliphatic heterocycles. The minimum absolute atomic E-state index is 0.0548. The van der Waals surface area contributed by atoms with Crippen molar-refractivity contribution in [3.63, 3.8) is 0 Å². The standard InChI is InChI=1S/C23H13Cl2IN2O4/c24-14-3-9-17(10-4-14)28-21(29)19(25)20(22(28)30)27-16-7-1-13(2-8-16)23(31)32-18-11-5-15(26)6-12-18/h1-12,27H. The molecule has 3 aromatic carbocycles. The second-order valence-corrected chi connectivity index (χ2v) is 8.72. The molecule has 1 heterocycles. The van der Waals surface area contributed by atoms with Crippen molar-refractivity contribution in [1.82, 2.24) is 0 Å². The van der Waals surface area contributed by atoms with Crippen LogP contribution in [0, 0.1) is 3.57 Å². The molecule has 0 spiro atoms. The third kappa shape index (κ3) is 4.64. The number of benzene rings is 3. The Balaban J connectivity index is 1.47. The number of imide groups is 1. The van der Waals surface area contributed by atoms with Crippen molar-refractivity contribution >= 4 is 75.0 Å². The van der Waals surface area contributed by atoms with Crippen LogP contribution in [0.2, 0.25) is 5.02 Å². The first kappa shape index (κ1) is 22.3. The van der Waals surface area contributed by atoms with Crippen LogP contribution in [0.1, 0.15) is 10.4 Å². The molecule has 0 bridgehead atoms. The van der Waals surface area contributed by atoms with Gasteiger partial charge in [0.25, 0.3) is 11.8 Å². The summed E-state index contributed by atoms with van der Waals surface area (Å²) in [5.74, 6) is -1.31. The van der Waals surface area contributed by atoms with E-state index in [2.05, 4.69) is 27.9 Å². The Bertz CT molecular complexity index is 1240. The molecule has 0 unspecified atom stereocenters. The number of hydrogen-bond donors (Lipinski definition) is 1. The molecular weight excluding hydrogens is 566 g/mol. The first-order valence-electron chi connectivity index (χ1n) is 9.22. The lowest BCUT2D eigenvalue weighted by Gasteiger charge is -2.15. The molecule has 0 saturated heterocycles. The summed E-state index contributed by atoms with van der Waals surface area (Å²) in [7, 11) is 0. The Hall–Kier alpha value is -2.88. The van der Waals surface area contributed by atoms with Crippen molar-refractivity contribution in [2.45, 2.75) is 0 Å². The molecule has 32 heavy (non-hydrogen) atoms. The highest BCUT2D eigenvalue weighted by Crippen LogP contribution is 2.30. The van der Waals surface area contributed by atoms with Gasteiger partial charge in [-0.3, -0.25) is 9.59 Å². The van der Waals surface area contributed by atoms with Gasteiger partial charge in [-0.05, 0) is 95.4 Å². The zero-order chi connectivity index (χ0) is 22.8. The van der Waals surface area contributed by atoms with Gasteiger partial charge >= 0.3 is 5.97 Å². The number of nitrogens with one attached hydrogen (secondary N) is 1. The Morgan fingerprint density at radius 3 is 2.09 bits per heavy atom. The fourth-order valence-electron chi connectivity index (χ4n) is 2.94. The molecule has 1 N–H and O–H groups in total. The summed E-state index contributed by atoms with van der Waals surface area (Å²) in [6, 6.07) is 19.6. The van der Waals surface area contributed by atoms with Crippen LogP contribution in [-0.4, -0.2) is 17.8 Å². The van der Waals surface area contributed by atoms with E-state index in [1.807, 2.05) is 12.1 Å². The van der Waals surface area contributed by atoms with Crippen LogP contribution in [0.15, 0.2) is 83.5 Å². The molecule has 2 amide bonds. The molecule has 0 aromatic heterocycles. The second kappa shape index (κ2) is 9.32. The van der Waals surface area contributed by atoms with Crippen molar-refractivity contribution in [3.05, 3.63) is 97.7 Å². The largest absolute Gasteiger partial charge is 0.423 e. The molecule has 0 fully saturated rings. The predicted octanol–water partition coefficient (Wildman–Crippen LogP) is 5.60. The topological polar surface area (TPSA) is 75.7 Å². The maximum atomic E-state index is 12.8. The average Bonchev–Trinajstić information content (AvgIpc) is 3.00. The number of amides is 2. The quantitative estimate of drug-likeness (QED) is 0.185. The SMILES string of the molecule is O=C(Oc1ccc(I)cc1)c1ccc(NC2=C(Cl)C(=O)N(c3ccc(Cl)cc3)C2=O)cc1. The molecule has 4 rings (SSSR count). The monoisotopic (exact) mass is 578 g/mol. The lowest BCUT2D eigenvalue weighted by Crippen LogP contribution is -2.32. The van der Waals surface area contributed by atoms with Crippen LogP contribution in [0.5, 0.6) is 5.75 Å². The van der Waals surface area contributed by atoms with Crippen molar-refractivity contribution in [3.8, 4) is 5.75 Å². The molecular formula is C23H13Cl2IN2O4. The van der Waals surface area contributed by atoms with Crippen molar-refractivity contribution < 1.29 is 19.1 Å². The summed E-state index contributed by atoms with van der Waals surface area (Å²) < 4.78 is 6.37. The summed E-state index contributed by atoms with van der Waals surface area (Å²) >= 11 is 14.2. The van der Waals surface area contributed by atoms with Crippen LogP contribution < -0.4 is 15.0 Å². The Morgan fingerprint density at radius 1 is 0.844 bits per heavy atom. The van der Waals surface area contributed by atoms with Crippen molar-refractivity contribution in [2.75, 3.05) is 10.2 Å². The van der Waals surface area contributed by atoms with Gasteiger partial charge in [0.15, 0.2) is 0 Å². The number of ether oxygens (including phenoxy) is 1. The number of halogens is 3. The fraction of sp³-hybridized carbons (Fsp3) is 0. The third-order valence-corrected chi connectivity index (χ3v) is 5.85. The summed E-state index contributed by atoms with van der Waals surface area (Å²) in [5, 5.41) is 3.11. The van der Waals surface area contributed by atoms with Crippen LogP contribution in [-0.2, 0) is 9.59 Å². The normalized spacial score (nSPS) is 13.5. The van der Waals surface area contributed by atoms with Gasteiger partial charge in [0.2, 0.25) is 0 Å². The Kier molecular flexibility index (Phi) is 6.50. The molecule has 1 aliphatic rings. The van der Waals surface area contributed by atoms with Gasteiger partial charge in [-0.15, -0.1) is 0 Å². The Labute approximate surface area is 206 Å². The smallest absolute Gasteiger partial charge is 0.343 e. The minimum Gasteiger partial charge on any atom is -0.423 e.